The van der Waals surface area contributed by atoms with Crippen LogP contribution in [0, 0.1) is 15.9 Å². The normalized spacial score (nSPS) is 10.1. The van der Waals surface area contributed by atoms with Crippen molar-refractivity contribution in [3.05, 3.63) is 64.1 Å². The quantitative estimate of drug-likeness (QED) is 0.616. The molecule has 0 aliphatic carbocycles. The van der Waals surface area contributed by atoms with Crippen LogP contribution in [0.5, 0.6) is 5.88 Å². The molecule has 0 saturated carbocycles. The second-order valence-corrected chi connectivity index (χ2v) is 3.50. The highest BCUT2D eigenvalue weighted by Gasteiger charge is 2.15. The number of aromatic nitrogens is 1. The fourth-order valence-electron chi connectivity index (χ4n) is 1.41. The fraction of sp³-hybridized carbons (Fsp3) is 0.0833. The lowest BCUT2D eigenvalue weighted by Crippen LogP contribution is -2.01. The monoisotopic (exact) mass is 248 g/mol. The van der Waals surface area contributed by atoms with Crippen LogP contribution in [0.3, 0.4) is 0 Å². The topological polar surface area (TPSA) is 65.3 Å². The summed E-state index contributed by atoms with van der Waals surface area (Å²) in [5.74, 6) is -0.460. The Morgan fingerprint density at radius 3 is 2.89 bits per heavy atom. The Hall–Kier alpha value is -2.50. The van der Waals surface area contributed by atoms with E-state index in [2.05, 4.69) is 4.98 Å². The van der Waals surface area contributed by atoms with Gasteiger partial charge in [0, 0.05) is 12.3 Å². The number of pyridine rings is 1. The van der Waals surface area contributed by atoms with Gasteiger partial charge in [-0.3, -0.25) is 10.1 Å². The van der Waals surface area contributed by atoms with E-state index in [1.165, 1.54) is 30.5 Å². The van der Waals surface area contributed by atoms with Crippen molar-refractivity contribution >= 4 is 5.69 Å². The molecule has 18 heavy (non-hydrogen) atoms. The zero-order valence-electron chi connectivity index (χ0n) is 9.25. The molecular weight excluding hydrogens is 239 g/mol. The zero-order valence-corrected chi connectivity index (χ0v) is 9.25. The third kappa shape index (κ3) is 2.79. The molecule has 0 amide bonds. The maximum atomic E-state index is 12.9. The number of nitrogens with zero attached hydrogens (tertiary/aromatic N) is 2. The predicted molar refractivity (Wildman–Crippen MR) is 61.6 cm³/mol. The standard InChI is InChI=1S/C12H9FN2O3/c13-10-4-1-3-9(7-10)8-18-12-11(15(16)17)5-2-6-14-12/h1-7H,8H2. The lowest BCUT2D eigenvalue weighted by molar-refractivity contribution is -0.386. The van der Waals surface area contributed by atoms with E-state index in [0.717, 1.165) is 0 Å². The van der Waals surface area contributed by atoms with Crippen LogP contribution in [0.1, 0.15) is 5.56 Å². The summed E-state index contributed by atoms with van der Waals surface area (Å²) in [7, 11) is 0. The molecule has 2 aromatic rings. The van der Waals surface area contributed by atoms with Crippen molar-refractivity contribution in [3.8, 4) is 5.88 Å². The van der Waals surface area contributed by atoms with Gasteiger partial charge in [-0.2, -0.15) is 0 Å². The molecule has 1 heterocycles. The minimum atomic E-state index is -0.575. The van der Waals surface area contributed by atoms with Gasteiger partial charge in [0.2, 0.25) is 0 Å². The first-order chi connectivity index (χ1) is 8.66. The second kappa shape index (κ2) is 5.22. The zero-order chi connectivity index (χ0) is 13.0. The Labute approximate surface area is 102 Å². The summed E-state index contributed by atoms with van der Waals surface area (Å²) in [6, 6.07) is 8.57. The molecule has 92 valence electrons. The molecular formula is C12H9FN2O3. The van der Waals surface area contributed by atoms with Crippen molar-refractivity contribution in [2.45, 2.75) is 6.61 Å². The first-order valence-electron chi connectivity index (χ1n) is 5.13. The third-order valence-electron chi connectivity index (χ3n) is 2.21. The Kier molecular flexibility index (Phi) is 3.47. The smallest absolute Gasteiger partial charge is 0.330 e. The Balaban J connectivity index is 2.13. The third-order valence-corrected chi connectivity index (χ3v) is 2.21. The van der Waals surface area contributed by atoms with Gasteiger partial charge in [0.15, 0.2) is 0 Å². The summed E-state index contributed by atoms with van der Waals surface area (Å²) in [5, 5.41) is 10.7. The molecule has 0 saturated heterocycles. The predicted octanol–water partition coefficient (Wildman–Crippen LogP) is 2.71. The van der Waals surface area contributed by atoms with E-state index in [4.69, 9.17) is 4.74 Å². The van der Waals surface area contributed by atoms with Crippen molar-refractivity contribution in [3.63, 3.8) is 0 Å². The summed E-state index contributed by atoms with van der Waals surface area (Å²) >= 11 is 0. The number of nitro groups is 1. The average molecular weight is 248 g/mol. The Morgan fingerprint density at radius 1 is 1.33 bits per heavy atom. The van der Waals surface area contributed by atoms with E-state index < -0.39 is 4.92 Å². The van der Waals surface area contributed by atoms with Crippen molar-refractivity contribution in [2.75, 3.05) is 0 Å². The van der Waals surface area contributed by atoms with Gasteiger partial charge in [-0.25, -0.2) is 9.37 Å². The maximum absolute atomic E-state index is 12.9. The highest BCUT2D eigenvalue weighted by Crippen LogP contribution is 2.23. The number of benzene rings is 1. The maximum Gasteiger partial charge on any atom is 0.330 e. The van der Waals surface area contributed by atoms with Gasteiger partial charge in [0.1, 0.15) is 12.4 Å². The molecule has 0 fully saturated rings. The SMILES string of the molecule is O=[N+]([O-])c1cccnc1OCc1cccc(F)c1. The summed E-state index contributed by atoms with van der Waals surface area (Å²) in [5.41, 5.74) is 0.365. The van der Waals surface area contributed by atoms with Crippen LogP contribution in [-0.4, -0.2) is 9.91 Å². The lowest BCUT2D eigenvalue weighted by atomic mass is 10.2. The van der Waals surface area contributed by atoms with Gasteiger partial charge in [-0.15, -0.1) is 0 Å². The van der Waals surface area contributed by atoms with E-state index in [1.54, 1.807) is 12.1 Å². The van der Waals surface area contributed by atoms with E-state index in [-0.39, 0.29) is 24.0 Å². The molecule has 6 heteroatoms. The number of halogens is 1. The first kappa shape index (κ1) is 12.0. The summed E-state index contributed by atoms with van der Waals surface area (Å²) in [4.78, 5) is 13.9. The molecule has 1 aromatic carbocycles. The van der Waals surface area contributed by atoms with Crippen molar-refractivity contribution in [1.82, 2.24) is 4.98 Å². The van der Waals surface area contributed by atoms with Gasteiger partial charge in [0.05, 0.1) is 4.92 Å². The van der Waals surface area contributed by atoms with Crippen LogP contribution in [0.25, 0.3) is 0 Å². The van der Waals surface area contributed by atoms with Crippen LogP contribution in [0.15, 0.2) is 42.6 Å². The van der Waals surface area contributed by atoms with Crippen molar-refractivity contribution < 1.29 is 14.1 Å². The molecule has 0 bridgehead atoms. The van der Waals surface area contributed by atoms with Crippen LogP contribution in [0.2, 0.25) is 0 Å². The highest BCUT2D eigenvalue weighted by atomic mass is 19.1. The van der Waals surface area contributed by atoms with Crippen LogP contribution >= 0.6 is 0 Å². The lowest BCUT2D eigenvalue weighted by Gasteiger charge is -2.05. The minimum Gasteiger partial charge on any atom is -0.468 e. The molecule has 2 rings (SSSR count). The Bertz CT molecular complexity index is 575. The van der Waals surface area contributed by atoms with Gasteiger partial charge in [0.25, 0.3) is 5.88 Å². The second-order valence-electron chi connectivity index (χ2n) is 3.50. The van der Waals surface area contributed by atoms with E-state index in [1.807, 2.05) is 0 Å². The number of hydrogen-bond donors (Lipinski definition) is 0. The van der Waals surface area contributed by atoms with E-state index >= 15 is 0 Å². The molecule has 0 aliphatic heterocycles. The van der Waals surface area contributed by atoms with Crippen molar-refractivity contribution in [1.29, 1.82) is 0 Å². The summed E-state index contributed by atoms with van der Waals surface area (Å²) < 4.78 is 18.1. The number of hydrogen-bond acceptors (Lipinski definition) is 4. The molecule has 0 N–H and O–H groups in total. The number of ether oxygens (including phenoxy) is 1. The molecule has 0 spiro atoms. The van der Waals surface area contributed by atoms with Gasteiger partial charge >= 0.3 is 5.69 Å². The molecule has 0 radical (unpaired) electrons. The van der Waals surface area contributed by atoms with Gasteiger partial charge in [-0.1, -0.05) is 12.1 Å². The van der Waals surface area contributed by atoms with Crippen LogP contribution in [0.4, 0.5) is 10.1 Å². The van der Waals surface area contributed by atoms with Crippen LogP contribution in [-0.2, 0) is 6.61 Å². The first-order valence-corrected chi connectivity index (χ1v) is 5.13. The molecule has 0 atom stereocenters. The fourth-order valence-corrected chi connectivity index (χ4v) is 1.41. The number of rotatable bonds is 4. The van der Waals surface area contributed by atoms with E-state index in [9.17, 15) is 14.5 Å². The highest BCUT2D eigenvalue weighted by molar-refractivity contribution is 5.39. The van der Waals surface area contributed by atoms with Gasteiger partial charge < -0.3 is 4.74 Å². The molecule has 0 aliphatic rings. The van der Waals surface area contributed by atoms with Crippen LogP contribution < -0.4 is 4.74 Å². The molecule has 0 unspecified atom stereocenters. The van der Waals surface area contributed by atoms with Gasteiger partial charge in [-0.05, 0) is 23.8 Å². The molecule has 5 nitrogen and oxygen atoms in total. The summed E-state index contributed by atoms with van der Waals surface area (Å²) in [6.45, 7) is 0.0234. The minimum absolute atomic E-state index is 0.0234. The average Bonchev–Trinajstić information content (AvgIpc) is 2.37. The van der Waals surface area contributed by atoms with Crippen molar-refractivity contribution in [2.24, 2.45) is 0 Å². The largest absolute Gasteiger partial charge is 0.468 e. The molecule has 1 aromatic heterocycles. The van der Waals surface area contributed by atoms with E-state index in [0.29, 0.717) is 5.56 Å². The Morgan fingerprint density at radius 2 is 2.17 bits per heavy atom. The summed E-state index contributed by atoms with van der Waals surface area (Å²) in [6.07, 6.45) is 1.40.